The minimum Gasteiger partial charge on any atom is -0.477 e. The van der Waals surface area contributed by atoms with Gasteiger partial charge in [0.05, 0.1) is 5.69 Å². The number of nitrogens with one attached hydrogen (secondary N) is 1. The van der Waals surface area contributed by atoms with E-state index in [4.69, 9.17) is 0 Å². The molecule has 1 aromatic rings. The summed E-state index contributed by atoms with van der Waals surface area (Å²) in [4.78, 5) is 41.4. The summed E-state index contributed by atoms with van der Waals surface area (Å²) in [5.41, 5.74) is 1.77. The first-order valence-corrected chi connectivity index (χ1v) is 14.2. The van der Waals surface area contributed by atoms with E-state index < -0.39 is 5.97 Å². The Morgan fingerprint density at radius 2 is 1.86 bits per heavy atom. The van der Waals surface area contributed by atoms with Crippen molar-refractivity contribution in [2.45, 2.75) is 110 Å². The summed E-state index contributed by atoms with van der Waals surface area (Å²) in [6.07, 6.45) is 12.4. The molecule has 6 nitrogen and oxygen atoms in total. The molecule has 0 radical (unpaired) electrons. The van der Waals surface area contributed by atoms with Crippen molar-refractivity contribution < 1.29 is 19.5 Å². The molecule has 7 heteroatoms. The molecule has 3 rings (SSSR count). The molecule has 2 N–H and O–H groups in total. The van der Waals surface area contributed by atoms with Crippen molar-refractivity contribution in [2.75, 3.05) is 4.90 Å². The Labute approximate surface area is 214 Å². The van der Waals surface area contributed by atoms with Crippen LogP contribution in [0.15, 0.2) is 12.1 Å². The first-order chi connectivity index (χ1) is 16.7. The number of carbonyl (C=O) groups excluding carboxylic acids is 2. The summed E-state index contributed by atoms with van der Waals surface area (Å²) in [5, 5.41) is 13.2. The second-order valence-corrected chi connectivity index (χ2v) is 11.6. The van der Waals surface area contributed by atoms with Gasteiger partial charge < -0.3 is 15.3 Å². The molecule has 0 aliphatic heterocycles. The number of carboxylic acid groups (broad SMARTS) is 1. The van der Waals surface area contributed by atoms with E-state index in [1.54, 1.807) is 0 Å². The lowest BCUT2D eigenvalue weighted by Gasteiger charge is -2.38. The average molecular weight is 503 g/mol. The molecular weight excluding hydrogens is 460 g/mol. The quantitative estimate of drug-likeness (QED) is 0.375. The minimum atomic E-state index is -0.968. The fourth-order valence-corrected chi connectivity index (χ4v) is 6.20. The lowest BCUT2D eigenvalue weighted by atomic mass is 9.88. The second-order valence-electron chi connectivity index (χ2n) is 10.5. The molecular formula is C28H42N2O4S. The molecule has 2 aliphatic carbocycles. The molecule has 1 fully saturated rings. The lowest BCUT2D eigenvalue weighted by Crippen LogP contribution is -2.48. The van der Waals surface area contributed by atoms with Gasteiger partial charge in [-0.25, -0.2) is 4.79 Å². The van der Waals surface area contributed by atoms with Crippen molar-refractivity contribution in [3.05, 3.63) is 21.9 Å². The third kappa shape index (κ3) is 6.96. The largest absolute Gasteiger partial charge is 0.477 e. The van der Waals surface area contributed by atoms with Gasteiger partial charge in [0, 0.05) is 28.8 Å². The van der Waals surface area contributed by atoms with Gasteiger partial charge in [-0.1, -0.05) is 46.6 Å². The molecule has 1 heterocycles. The predicted octanol–water partition coefficient (Wildman–Crippen LogP) is 6.65. The van der Waals surface area contributed by atoms with Gasteiger partial charge in [-0.2, -0.15) is 0 Å². The topological polar surface area (TPSA) is 86.7 Å². The van der Waals surface area contributed by atoms with Crippen LogP contribution in [0.25, 0.3) is 5.57 Å². The van der Waals surface area contributed by atoms with Crippen LogP contribution in [0.5, 0.6) is 0 Å². The van der Waals surface area contributed by atoms with Gasteiger partial charge in [0.25, 0.3) is 0 Å². The van der Waals surface area contributed by atoms with E-state index in [-0.39, 0.29) is 40.6 Å². The Bertz CT molecular complexity index is 927. The molecule has 0 saturated heterocycles. The number of allylic oxidation sites excluding steroid dienone is 2. The molecule has 0 aromatic carbocycles. The highest BCUT2D eigenvalue weighted by Gasteiger charge is 2.36. The fraction of sp³-hybridized carbons (Fsp3) is 0.679. The molecule has 194 valence electrons. The van der Waals surface area contributed by atoms with Crippen LogP contribution in [-0.2, 0) is 9.59 Å². The van der Waals surface area contributed by atoms with Crippen LogP contribution in [-0.4, -0.2) is 35.0 Å². The Morgan fingerprint density at radius 3 is 2.43 bits per heavy atom. The number of aromatic carboxylic acids is 1. The Hall–Kier alpha value is -2.15. The molecule has 2 amide bonds. The highest BCUT2D eigenvalue weighted by molar-refractivity contribution is 7.15. The van der Waals surface area contributed by atoms with E-state index in [2.05, 4.69) is 18.3 Å². The van der Waals surface area contributed by atoms with Crippen LogP contribution in [0.2, 0.25) is 0 Å². The van der Waals surface area contributed by atoms with E-state index in [1.807, 2.05) is 31.7 Å². The van der Waals surface area contributed by atoms with Crippen LogP contribution >= 0.6 is 11.3 Å². The van der Waals surface area contributed by atoms with Gasteiger partial charge in [0.2, 0.25) is 11.8 Å². The van der Waals surface area contributed by atoms with Crippen molar-refractivity contribution in [1.29, 1.82) is 0 Å². The summed E-state index contributed by atoms with van der Waals surface area (Å²) < 4.78 is 0. The third-order valence-electron chi connectivity index (χ3n) is 7.36. The zero-order valence-electron chi connectivity index (χ0n) is 21.8. The number of hydrogen-bond acceptors (Lipinski definition) is 4. The molecule has 1 aromatic heterocycles. The van der Waals surface area contributed by atoms with Crippen LogP contribution in [0.1, 0.15) is 113 Å². The number of thiophene rings is 1. The number of carbonyl (C=O) groups is 3. The molecule has 1 saturated carbocycles. The lowest BCUT2D eigenvalue weighted by molar-refractivity contribution is -0.125. The molecule has 35 heavy (non-hydrogen) atoms. The third-order valence-corrected chi connectivity index (χ3v) is 8.54. The molecule has 0 spiro atoms. The van der Waals surface area contributed by atoms with Gasteiger partial charge in [-0.3, -0.25) is 9.59 Å². The van der Waals surface area contributed by atoms with Crippen molar-refractivity contribution >= 4 is 40.4 Å². The van der Waals surface area contributed by atoms with E-state index in [0.29, 0.717) is 5.69 Å². The number of rotatable bonds is 10. The second kappa shape index (κ2) is 12.7. The van der Waals surface area contributed by atoms with Crippen LogP contribution < -0.4 is 10.2 Å². The summed E-state index contributed by atoms with van der Waals surface area (Å²) in [7, 11) is 0. The van der Waals surface area contributed by atoms with Gasteiger partial charge in [0.1, 0.15) is 4.88 Å². The summed E-state index contributed by atoms with van der Waals surface area (Å²) in [6.45, 7) is 7.87. The minimum absolute atomic E-state index is 0.0255. The van der Waals surface area contributed by atoms with Gasteiger partial charge in [0.15, 0.2) is 0 Å². The summed E-state index contributed by atoms with van der Waals surface area (Å²) >= 11 is 1.31. The number of anilines is 1. The summed E-state index contributed by atoms with van der Waals surface area (Å²) in [6, 6.07) is 2.02. The maximum atomic E-state index is 13.8. The van der Waals surface area contributed by atoms with E-state index in [9.17, 15) is 19.5 Å². The fourth-order valence-electron chi connectivity index (χ4n) is 5.15. The maximum Gasteiger partial charge on any atom is 0.348 e. The smallest absolute Gasteiger partial charge is 0.348 e. The average Bonchev–Trinajstić information content (AvgIpc) is 3.29. The summed E-state index contributed by atoms with van der Waals surface area (Å²) in [5.74, 6) is -1.10. The first-order valence-electron chi connectivity index (χ1n) is 13.4. The van der Waals surface area contributed by atoms with Gasteiger partial charge >= 0.3 is 5.97 Å². The maximum absolute atomic E-state index is 13.8. The van der Waals surface area contributed by atoms with E-state index in [1.165, 1.54) is 23.3 Å². The first kappa shape index (κ1) is 27.4. The SMILES string of the molecule is CCCCC(C)C(=O)N(c1cc(C2=CCCCC2)sc1C(=O)O)C1CCC(NC(=O)C(C)C)CC1. The van der Waals surface area contributed by atoms with Crippen LogP contribution in [0.4, 0.5) is 5.69 Å². The van der Waals surface area contributed by atoms with Crippen molar-refractivity contribution in [3.63, 3.8) is 0 Å². The van der Waals surface area contributed by atoms with Gasteiger partial charge in [-0.05, 0) is 69.4 Å². The van der Waals surface area contributed by atoms with Crippen molar-refractivity contribution in [3.8, 4) is 0 Å². The van der Waals surface area contributed by atoms with E-state index >= 15 is 0 Å². The van der Waals surface area contributed by atoms with Crippen molar-refractivity contribution in [2.24, 2.45) is 11.8 Å². The number of carboxylic acids is 1. The highest BCUT2D eigenvalue weighted by Crippen LogP contribution is 2.41. The number of nitrogens with zero attached hydrogens (tertiary/aromatic N) is 1. The standard InChI is InChI=1S/C28H42N2O4S/c1-5-6-10-19(4)27(32)30(22-15-13-21(14-16-22)29-26(31)18(2)3)23-17-24(35-25(23)28(33)34)20-11-8-7-9-12-20/h11,17-19,21-22H,5-10,12-16H2,1-4H3,(H,29,31)(H,33,34). The zero-order valence-corrected chi connectivity index (χ0v) is 22.6. The molecule has 1 atom stereocenters. The molecule has 1 unspecified atom stereocenters. The van der Waals surface area contributed by atoms with Crippen LogP contribution in [0.3, 0.4) is 0 Å². The highest BCUT2D eigenvalue weighted by atomic mass is 32.1. The Morgan fingerprint density at radius 1 is 1.14 bits per heavy atom. The Balaban J connectivity index is 1.90. The Kier molecular flexibility index (Phi) is 9.96. The zero-order chi connectivity index (χ0) is 25.5. The molecule has 2 aliphatic rings. The normalized spacial score (nSPS) is 21.3. The number of amides is 2. The van der Waals surface area contributed by atoms with Crippen LogP contribution in [0, 0.1) is 11.8 Å². The van der Waals surface area contributed by atoms with Gasteiger partial charge in [-0.15, -0.1) is 11.3 Å². The van der Waals surface area contributed by atoms with E-state index in [0.717, 1.165) is 69.1 Å². The monoisotopic (exact) mass is 502 g/mol. The number of unbranched alkanes of at least 4 members (excludes halogenated alkanes) is 1. The number of hydrogen-bond donors (Lipinski definition) is 2. The molecule has 0 bridgehead atoms. The van der Waals surface area contributed by atoms with Crippen molar-refractivity contribution in [1.82, 2.24) is 5.32 Å². The predicted molar refractivity (Wildman–Crippen MR) is 143 cm³/mol.